The lowest BCUT2D eigenvalue weighted by molar-refractivity contribution is 0.0526. The number of nitrogens with two attached hydrogens (primary N) is 1. The van der Waals surface area contributed by atoms with E-state index in [1.54, 1.807) is 11.6 Å². The summed E-state index contributed by atoms with van der Waals surface area (Å²) in [5.74, 6) is 0.296. The molecule has 5 nitrogen and oxygen atoms in total. The molecule has 0 saturated heterocycles. The number of nitrogen functional groups attached to an aromatic ring is 1. The summed E-state index contributed by atoms with van der Waals surface area (Å²) in [5, 5.41) is 4.70. The van der Waals surface area contributed by atoms with E-state index < -0.39 is 0 Å². The minimum Gasteiger partial charge on any atom is -0.462 e. The molecule has 122 valence electrons. The standard InChI is InChI=1S/C18H23N3O2/c1-3-23-18(22)15-16(13-8-4-5-9-13)20-21(17(15)19)14-10-6-7-12(2)11-14/h6-7,10-11,13H,3-5,8-9,19H2,1-2H3. The Labute approximate surface area is 136 Å². The van der Waals surface area contributed by atoms with Gasteiger partial charge in [0.15, 0.2) is 0 Å². The first-order valence-corrected chi connectivity index (χ1v) is 8.24. The molecular formula is C18H23N3O2. The van der Waals surface area contributed by atoms with Crippen molar-refractivity contribution in [1.82, 2.24) is 9.78 Å². The molecule has 0 unspecified atom stereocenters. The van der Waals surface area contributed by atoms with Gasteiger partial charge in [-0.15, -0.1) is 0 Å². The van der Waals surface area contributed by atoms with E-state index in [-0.39, 0.29) is 5.97 Å². The van der Waals surface area contributed by atoms with Crippen molar-refractivity contribution in [1.29, 1.82) is 0 Å². The van der Waals surface area contributed by atoms with E-state index >= 15 is 0 Å². The molecule has 2 aromatic rings. The van der Waals surface area contributed by atoms with Crippen LogP contribution < -0.4 is 5.73 Å². The third-order valence-electron chi connectivity index (χ3n) is 4.42. The molecule has 3 rings (SSSR count). The summed E-state index contributed by atoms with van der Waals surface area (Å²) in [7, 11) is 0. The van der Waals surface area contributed by atoms with E-state index in [1.165, 1.54) is 12.8 Å². The molecule has 1 heterocycles. The largest absolute Gasteiger partial charge is 0.462 e. The summed E-state index contributed by atoms with van der Waals surface area (Å²) in [6.07, 6.45) is 4.45. The molecule has 1 aromatic carbocycles. The van der Waals surface area contributed by atoms with Gasteiger partial charge in [-0.1, -0.05) is 25.0 Å². The van der Waals surface area contributed by atoms with Crippen LogP contribution in [0.4, 0.5) is 5.82 Å². The minimum atomic E-state index is -0.370. The second-order valence-corrected chi connectivity index (χ2v) is 6.10. The molecule has 0 spiro atoms. The maximum atomic E-state index is 12.4. The lowest BCUT2D eigenvalue weighted by Crippen LogP contribution is -2.11. The minimum absolute atomic E-state index is 0.294. The number of hydrogen-bond donors (Lipinski definition) is 1. The second kappa shape index (κ2) is 6.44. The molecule has 5 heteroatoms. The van der Waals surface area contributed by atoms with Crippen LogP contribution in [-0.4, -0.2) is 22.4 Å². The summed E-state index contributed by atoms with van der Waals surface area (Å²) in [4.78, 5) is 12.4. The van der Waals surface area contributed by atoms with Gasteiger partial charge in [0, 0.05) is 5.92 Å². The van der Waals surface area contributed by atoms with E-state index in [2.05, 4.69) is 0 Å². The molecule has 23 heavy (non-hydrogen) atoms. The van der Waals surface area contributed by atoms with Crippen LogP contribution in [0.25, 0.3) is 5.69 Å². The van der Waals surface area contributed by atoms with Gasteiger partial charge in [0.25, 0.3) is 0 Å². The zero-order chi connectivity index (χ0) is 16.4. The molecule has 0 aliphatic heterocycles. The Morgan fingerprint density at radius 3 is 2.78 bits per heavy atom. The molecular weight excluding hydrogens is 290 g/mol. The van der Waals surface area contributed by atoms with Crippen molar-refractivity contribution in [2.45, 2.75) is 45.4 Å². The summed E-state index contributed by atoms with van der Waals surface area (Å²) < 4.78 is 6.88. The second-order valence-electron chi connectivity index (χ2n) is 6.10. The Kier molecular flexibility index (Phi) is 4.37. The Balaban J connectivity index is 2.11. The maximum absolute atomic E-state index is 12.4. The maximum Gasteiger partial charge on any atom is 0.343 e. The van der Waals surface area contributed by atoms with Crippen LogP contribution in [0.5, 0.6) is 0 Å². The van der Waals surface area contributed by atoms with Crippen LogP contribution in [0.3, 0.4) is 0 Å². The lowest BCUT2D eigenvalue weighted by atomic mass is 10.00. The number of aromatic nitrogens is 2. The van der Waals surface area contributed by atoms with Gasteiger partial charge in [-0.05, 0) is 44.4 Å². The Morgan fingerprint density at radius 2 is 2.13 bits per heavy atom. The topological polar surface area (TPSA) is 70.1 Å². The quantitative estimate of drug-likeness (QED) is 0.876. The first kappa shape index (κ1) is 15.6. The fourth-order valence-corrected chi connectivity index (χ4v) is 3.30. The molecule has 0 radical (unpaired) electrons. The average molecular weight is 313 g/mol. The highest BCUT2D eigenvalue weighted by molar-refractivity contribution is 5.96. The van der Waals surface area contributed by atoms with Crippen molar-refractivity contribution < 1.29 is 9.53 Å². The molecule has 0 amide bonds. The van der Waals surface area contributed by atoms with Gasteiger partial charge in [-0.25, -0.2) is 9.48 Å². The zero-order valence-electron chi connectivity index (χ0n) is 13.7. The number of ether oxygens (including phenoxy) is 1. The smallest absolute Gasteiger partial charge is 0.343 e. The number of benzene rings is 1. The summed E-state index contributed by atoms with van der Waals surface area (Å²) >= 11 is 0. The van der Waals surface area contributed by atoms with Crippen molar-refractivity contribution in [2.75, 3.05) is 12.3 Å². The molecule has 1 aromatic heterocycles. The number of carbonyl (C=O) groups excluding carboxylic acids is 1. The molecule has 0 bridgehead atoms. The third kappa shape index (κ3) is 2.96. The first-order chi connectivity index (χ1) is 11.1. The first-order valence-electron chi connectivity index (χ1n) is 8.24. The Hall–Kier alpha value is -2.30. The van der Waals surface area contributed by atoms with Crippen LogP contribution in [0.2, 0.25) is 0 Å². The van der Waals surface area contributed by atoms with E-state index in [9.17, 15) is 4.79 Å². The van der Waals surface area contributed by atoms with Crippen LogP contribution in [-0.2, 0) is 4.74 Å². The van der Waals surface area contributed by atoms with Crippen molar-refractivity contribution >= 4 is 11.8 Å². The number of hydrogen-bond acceptors (Lipinski definition) is 4. The highest BCUT2D eigenvalue weighted by atomic mass is 16.5. The molecule has 0 atom stereocenters. The van der Waals surface area contributed by atoms with Crippen LogP contribution in [0.1, 0.15) is 60.1 Å². The molecule has 1 aliphatic rings. The van der Waals surface area contributed by atoms with E-state index in [1.807, 2.05) is 31.2 Å². The highest BCUT2D eigenvalue weighted by Crippen LogP contribution is 2.37. The van der Waals surface area contributed by atoms with Crippen LogP contribution >= 0.6 is 0 Å². The van der Waals surface area contributed by atoms with Crippen LogP contribution in [0.15, 0.2) is 24.3 Å². The Bertz CT molecular complexity index is 715. The number of esters is 1. The van der Waals surface area contributed by atoms with Gasteiger partial charge in [0.05, 0.1) is 18.0 Å². The normalized spacial score (nSPS) is 15.0. The predicted molar refractivity (Wildman–Crippen MR) is 89.9 cm³/mol. The molecule has 1 fully saturated rings. The van der Waals surface area contributed by atoms with Gasteiger partial charge in [0.1, 0.15) is 11.4 Å². The number of nitrogens with zero attached hydrogens (tertiary/aromatic N) is 2. The number of anilines is 1. The van der Waals surface area contributed by atoms with E-state index in [4.69, 9.17) is 15.6 Å². The highest BCUT2D eigenvalue weighted by Gasteiger charge is 2.30. The van der Waals surface area contributed by atoms with Gasteiger partial charge >= 0.3 is 5.97 Å². The van der Waals surface area contributed by atoms with Crippen molar-refractivity contribution in [2.24, 2.45) is 0 Å². The van der Waals surface area contributed by atoms with Gasteiger partial charge in [0.2, 0.25) is 0 Å². The average Bonchev–Trinajstić information content (AvgIpc) is 3.15. The predicted octanol–water partition coefficient (Wildman–Crippen LogP) is 3.60. The molecule has 1 saturated carbocycles. The third-order valence-corrected chi connectivity index (χ3v) is 4.42. The Morgan fingerprint density at radius 1 is 1.39 bits per heavy atom. The van der Waals surface area contributed by atoms with Crippen LogP contribution in [0, 0.1) is 6.92 Å². The fourth-order valence-electron chi connectivity index (χ4n) is 3.30. The summed E-state index contributed by atoms with van der Waals surface area (Å²) in [6, 6.07) is 7.94. The summed E-state index contributed by atoms with van der Waals surface area (Å²) in [5.41, 5.74) is 9.52. The SMILES string of the molecule is CCOC(=O)c1c(C2CCCC2)nn(-c2cccc(C)c2)c1N. The zero-order valence-corrected chi connectivity index (χ0v) is 13.7. The fraction of sp³-hybridized carbons (Fsp3) is 0.444. The monoisotopic (exact) mass is 313 g/mol. The molecule has 1 aliphatic carbocycles. The lowest BCUT2D eigenvalue weighted by Gasteiger charge is -2.08. The molecule has 2 N–H and O–H groups in total. The van der Waals surface area contributed by atoms with Crippen molar-refractivity contribution in [3.63, 3.8) is 0 Å². The van der Waals surface area contributed by atoms with Crippen molar-refractivity contribution in [3.05, 3.63) is 41.1 Å². The van der Waals surface area contributed by atoms with Crippen molar-refractivity contribution in [3.8, 4) is 5.69 Å². The van der Waals surface area contributed by atoms with Gasteiger partial charge in [-0.2, -0.15) is 5.10 Å². The van der Waals surface area contributed by atoms with Gasteiger partial charge in [-0.3, -0.25) is 0 Å². The number of aryl methyl sites for hydroxylation is 1. The van der Waals surface area contributed by atoms with Gasteiger partial charge < -0.3 is 10.5 Å². The number of carbonyl (C=O) groups is 1. The van der Waals surface area contributed by atoms with E-state index in [0.29, 0.717) is 23.9 Å². The number of rotatable bonds is 4. The summed E-state index contributed by atoms with van der Waals surface area (Å²) in [6.45, 7) is 4.15. The van der Waals surface area contributed by atoms with E-state index in [0.717, 1.165) is 29.8 Å².